The maximum Gasteiger partial charge on any atom is 0.0498 e. The Hall–Kier alpha value is -0.380. The van der Waals surface area contributed by atoms with Gasteiger partial charge in [-0.05, 0) is 36.3 Å². The largest absolute Gasteiger partial charge is 0.271 e. The molecule has 1 rings (SSSR count). The van der Waals surface area contributed by atoms with Crippen molar-refractivity contribution in [3.8, 4) is 0 Å². The number of thiophene rings is 1. The van der Waals surface area contributed by atoms with Crippen LogP contribution in [0.1, 0.15) is 56.0 Å². The molecule has 0 saturated heterocycles. The van der Waals surface area contributed by atoms with E-state index in [4.69, 9.17) is 5.84 Å². The van der Waals surface area contributed by atoms with Crippen LogP contribution in [0, 0.1) is 12.8 Å². The summed E-state index contributed by atoms with van der Waals surface area (Å²) in [6.45, 7) is 6.68. The predicted octanol–water partition coefficient (Wildman–Crippen LogP) is 3.78. The van der Waals surface area contributed by atoms with Crippen molar-refractivity contribution in [1.29, 1.82) is 0 Å². The second-order valence-electron chi connectivity index (χ2n) is 4.39. The third kappa shape index (κ3) is 3.30. The molecule has 3 N–H and O–H groups in total. The standard InChI is InChI=1S/C13H24N2S/c1-4-6-7-11(5-2)13(15-14)12-8-9-16-10(12)3/h8-9,11,13,15H,4-7,14H2,1-3H3. The number of unbranched alkanes of at least 4 members (excludes halogenated alkanes) is 1. The van der Waals surface area contributed by atoms with Crippen LogP contribution in [-0.2, 0) is 0 Å². The van der Waals surface area contributed by atoms with E-state index in [1.54, 1.807) is 11.3 Å². The third-order valence-corrected chi connectivity index (χ3v) is 4.20. The maximum atomic E-state index is 5.74. The van der Waals surface area contributed by atoms with Crippen LogP contribution in [0.3, 0.4) is 0 Å². The second-order valence-corrected chi connectivity index (χ2v) is 5.51. The molecular formula is C13H24N2S. The van der Waals surface area contributed by atoms with E-state index >= 15 is 0 Å². The van der Waals surface area contributed by atoms with Crippen LogP contribution < -0.4 is 11.3 Å². The van der Waals surface area contributed by atoms with Gasteiger partial charge in [-0.1, -0.05) is 33.1 Å². The molecule has 0 amide bonds. The highest BCUT2D eigenvalue weighted by atomic mass is 32.1. The summed E-state index contributed by atoms with van der Waals surface area (Å²) in [5.74, 6) is 6.39. The van der Waals surface area contributed by atoms with Gasteiger partial charge in [0.05, 0.1) is 0 Å². The highest BCUT2D eigenvalue weighted by Crippen LogP contribution is 2.32. The van der Waals surface area contributed by atoms with E-state index in [1.807, 2.05) is 0 Å². The molecular weight excluding hydrogens is 216 g/mol. The molecule has 0 fully saturated rings. The Morgan fingerprint density at radius 2 is 2.19 bits per heavy atom. The zero-order valence-electron chi connectivity index (χ0n) is 10.6. The average Bonchev–Trinajstić information content (AvgIpc) is 2.71. The van der Waals surface area contributed by atoms with Gasteiger partial charge in [-0.3, -0.25) is 11.3 Å². The topological polar surface area (TPSA) is 38.0 Å². The van der Waals surface area contributed by atoms with Gasteiger partial charge in [0.15, 0.2) is 0 Å². The minimum Gasteiger partial charge on any atom is -0.271 e. The molecule has 1 heterocycles. The first-order valence-corrected chi connectivity index (χ1v) is 7.12. The van der Waals surface area contributed by atoms with Crippen molar-refractivity contribution in [3.05, 3.63) is 21.9 Å². The molecule has 0 bridgehead atoms. The molecule has 2 unspecified atom stereocenters. The Morgan fingerprint density at radius 3 is 2.62 bits per heavy atom. The molecule has 0 aliphatic heterocycles. The fourth-order valence-electron chi connectivity index (χ4n) is 2.27. The highest BCUT2D eigenvalue weighted by molar-refractivity contribution is 7.10. The van der Waals surface area contributed by atoms with Crippen molar-refractivity contribution >= 4 is 11.3 Å². The fourth-order valence-corrected chi connectivity index (χ4v) is 3.02. The molecule has 0 aliphatic carbocycles. The summed E-state index contributed by atoms with van der Waals surface area (Å²) in [5.41, 5.74) is 4.40. The maximum absolute atomic E-state index is 5.74. The van der Waals surface area contributed by atoms with Crippen LogP contribution in [0.15, 0.2) is 11.4 Å². The normalized spacial score (nSPS) is 15.0. The van der Waals surface area contributed by atoms with Gasteiger partial charge in [0, 0.05) is 10.9 Å². The Bertz CT molecular complexity index is 296. The summed E-state index contributed by atoms with van der Waals surface area (Å²) in [7, 11) is 0. The van der Waals surface area contributed by atoms with Gasteiger partial charge in [-0.25, -0.2) is 0 Å². The molecule has 0 aromatic carbocycles. The van der Waals surface area contributed by atoms with Gasteiger partial charge in [-0.2, -0.15) is 0 Å². The SMILES string of the molecule is CCCCC(CC)C(NN)c1ccsc1C. The quantitative estimate of drug-likeness (QED) is 0.562. The molecule has 92 valence electrons. The lowest BCUT2D eigenvalue weighted by Crippen LogP contribution is -2.33. The van der Waals surface area contributed by atoms with Crippen molar-refractivity contribution in [2.24, 2.45) is 11.8 Å². The summed E-state index contributed by atoms with van der Waals surface area (Å²) in [4.78, 5) is 1.39. The summed E-state index contributed by atoms with van der Waals surface area (Å²) in [5, 5.41) is 2.15. The molecule has 1 aromatic heterocycles. The summed E-state index contributed by atoms with van der Waals surface area (Å²) in [6, 6.07) is 2.53. The first kappa shape index (κ1) is 13.7. The summed E-state index contributed by atoms with van der Waals surface area (Å²) in [6.07, 6.45) is 5.00. The molecule has 2 atom stereocenters. The Labute approximate surface area is 103 Å². The number of hydrogen-bond acceptors (Lipinski definition) is 3. The average molecular weight is 240 g/mol. The Kier molecular flexibility index (Phi) is 6.03. The monoisotopic (exact) mass is 240 g/mol. The molecule has 0 radical (unpaired) electrons. The third-order valence-electron chi connectivity index (χ3n) is 3.34. The van der Waals surface area contributed by atoms with E-state index < -0.39 is 0 Å². The van der Waals surface area contributed by atoms with Gasteiger partial charge in [0.1, 0.15) is 0 Å². The molecule has 2 nitrogen and oxygen atoms in total. The van der Waals surface area contributed by atoms with E-state index in [1.165, 1.54) is 36.1 Å². The first-order valence-electron chi connectivity index (χ1n) is 6.24. The Morgan fingerprint density at radius 1 is 1.44 bits per heavy atom. The minimum absolute atomic E-state index is 0.322. The number of rotatable bonds is 7. The van der Waals surface area contributed by atoms with Crippen LogP contribution in [0.5, 0.6) is 0 Å². The van der Waals surface area contributed by atoms with Crippen LogP contribution in [0.2, 0.25) is 0 Å². The molecule has 0 aliphatic rings. The first-order chi connectivity index (χ1) is 7.74. The lowest BCUT2D eigenvalue weighted by molar-refractivity contribution is 0.326. The van der Waals surface area contributed by atoms with Crippen molar-refractivity contribution in [3.63, 3.8) is 0 Å². The molecule has 1 aromatic rings. The smallest absolute Gasteiger partial charge is 0.0498 e. The number of hydrazine groups is 1. The van der Waals surface area contributed by atoms with Crippen LogP contribution in [0.25, 0.3) is 0 Å². The highest BCUT2D eigenvalue weighted by Gasteiger charge is 2.22. The van der Waals surface area contributed by atoms with E-state index in [9.17, 15) is 0 Å². The number of nitrogens with two attached hydrogens (primary N) is 1. The second kappa shape index (κ2) is 7.05. The van der Waals surface area contributed by atoms with Crippen molar-refractivity contribution in [2.45, 2.75) is 52.5 Å². The molecule has 0 spiro atoms. The van der Waals surface area contributed by atoms with Gasteiger partial charge >= 0.3 is 0 Å². The Balaban J connectivity index is 2.75. The zero-order chi connectivity index (χ0) is 12.0. The molecule has 0 saturated carbocycles. The number of hydrogen-bond donors (Lipinski definition) is 2. The van der Waals surface area contributed by atoms with Gasteiger partial charge < -0.3 is 0 Å². The lowest BCUT2D eigenvalue weighted by Gasteiger charge is -2.26. The van der Waals surface area contributed by atoms with E-state index in [-0.39, 0.29) is 0 Å². The summed E-state index contributed by atoms with van der Waals surface area (Å²) < 4.78 is 0. The van der Waals surface area contributed by atoms with Crippen LogP contribution in [0.4, 0.5) is 0 Å². The number of nitrogens with one attached hydrogen (secondary N) is 1. The molecule has 3 heteroatoms. The zero-order valence-corrected chi connectivity index (χ0v) is 11.4. The van der Waals surface area contributed by atoms with Gasteiger partial charge in [0.2, 0.25) is 0 Å². The number of aryl methyl sites for hydroxylation is 1. The van der Waals surface area contributed by atoms with Gasteiger partial charge in [-0.15, -0.1) is 11.3 Å². The molecule has 16 heavy (non-hydrogen) atoms. The van der Waals surface area contributed by atoms with Gasteiger partial charge in [0.25, 0.3) is 0 Å². The predicted molar refractivity (Wildman–Crippen MR) is 72.4 cm³/mol. The van der Waals surface area contributed by atoms with Crippen molar-refractivity contribution in [1.82, 2.24) is 5.43 Å². The minimum atomic E-state index is 0.322. The van der Waals surface area contributed by atoms with E-state index in [0.717, 1.165) is 0 Å². The van der Waals surface area contributed by atoms with Crippen LogP contribution in [-0.4, -0.2) is 0 Å². The van der Waals surface area contributed by atoms with Crippen molar-refractivity contribution < 1.29 is 0 Å². The van der Waals surface area contributed by atoms with Crippen molar-refractivity contribution in [2.75, 3.05) is 0 Å². The summed E-state index contributed by atoms with van der Waals surface area (Å²) >= 11 is 1.80. The van der Waals surface area contributed by atoms with E-state index in [2.05, 4.69) is 37.6 Å². The van der Waals surface area contributed by atoms with Crippen LogP contribution >= 0.6 is 11.3 Å². The lowest BCUT2D eigenvalue weighted by atomic mass is 9.87. The van der Waals surface area contributed by atoms with E-state index in [0.29, 0.717) is 12.0 Å². The fraction of sp³-hybridized carbons (Fsp3) is 0.692.